The Balaban J connectivity index is 3.74. The molecule has 0 aromatic carbocycles. The molecule has 0 fully saturated rings. The van der Waals surface area contributed by atoms with Crippen LogP contribution in [-0.2, 0) is 14.4 Å². The molecule has 4 nitrogen and oxygen atoms in total. The van der Waals surface area contributed by atoms with Crippen molar-refractivity contribution in [1.29, 1.82) is 0 Å². The van der Waals surface area contributed by atoms with Gasteiger partial charge in [-0.3, -0.25) is 14.4 Å². The van der Waals surface area contributed by atoms with E-state index in [4.69, 9.17) is 0 Å². The van der Waals surface area contributed by atoms with Gasteiger partial charge >= 0.3 is 0 Å². The molecule has 0 rings (SSSR count). The molecule has 0 saturated carbocycles. The molecule has 0 aliphatic heterocycles. The topological polar surface area (TPSA) is 63.2 Å². The zero-order valence-corrected chi connectivity index (χ0v) is 11.2. The Morgan fingerprint density at radius 3 is 1.88 bits per heavy atom. The van der Waals surface area contributed by atoms with Crippen molar-refractivity contribution in [3.8, 4) is 0 Å². The predicted molar refractivity (Wildman–Crippen MR) is 66.6 cm³/mol. The molecule has 17 heavy (non-hydrogen) atoms. The van der Waals surface area contributed by atoms with Crippen LogP contribution in [-0.4, -0.2) is 23.5 Å². The van der Waals surface area contributed by atoms with E-state index in [2.05, 4.69) is 5.32 Å². The van der Waals surface area contributed by atoms with Crippen LogP contribution in [0.25, 0.3) is 0 Å². The summed E-state index contributed by atoms with van der Waals surface area (Å²) in [5.41, 5.74) is 0. The molecular weight excluding hydrogens is 218 g/mol. The summed E-state index contributed by atoms with van der Waals surface area (Å²) in [6.07, 6.45) is 0.991. The highest BCUT2D eigenvalue weighted by atomic mass is 16.2. The summed E-state index contributed by atoms with van der Waals surface area (Å²) in [4.78, 5) is 34.0. The van der Waals surface area contributed by atoms with Gasteiger partial charge in [-0.2, -0.15) is 0 Å². The molecule has 4 heteroatoms. The van der Waals surface area contributed by atoms with E-state index in [-0.39, 0.29) is 48.7 Å². The molecule has 0 aromatic rings. The van der Waals surface area contributed by atoms with Gasteiger partial charge in [0.25, 0.3) is 0 Å². The van der Waals surface area contributed by atoms with Crippen molar-refractivity contribution in [3.05, 3.63) is 0 Å². The Hall–Kier alpha value is -1.19. The lowest BCUT2D eigenvalue weighted by Crippen LogP contribution is -2.30. The number of carbonyl (C=O) groups excluding carboxylic acids is 3. The summed E-state index contributed by atoms with van der Waals surface area (Å²) in [5.74, 6) is -0.0431. The third kappa shape index (κ3) is 8.60. The van der Waals surface area contributed by atoms with Crippen molar-refractivity contribution < 1.29 is 14.4 Å². The largest absolute Gasteiger partial charge is 0.354 e. The molecule has 0 aliphatic rings. The van der Waals surface area contributed by atoms with E-state index in [1.54, 1.807) is 0 Å². The molecular formula is C13H23NO3. The maximum Gasteiger partial charge on any atom is 0.220 e. The quantitative estimate of drug-likeness (QED) is 0.705. The monoisotopic (exact) mass is 241 g/mol. The average molecular weight is 241 g/mol. The number of hydrogen-bond donors (Lipinski definition) is 1. The molecule has 0 bridgehead atoms. The van der Waals surface area contributed by atoms with E-state index in [0.29, 0.717) is 6.42 Å². The smallest absolute Gasteiger partial charge is 0.220 e. The molecule has 0 heterocycles. The van der Waals surface area contributed by atoms with Crippen LogP contribution < -0.4 is 5.32 Å². The minimum atomic E-state index is -0.108. The first-order valence-corrected chi connectivity index (χ1v) is 6.16. The molecule has 0 saturated heterocycles. The van der Waals surface area contributed by atoms with Crippen LogP contribution in [0.4, 0.5) is 0 Å². The second-order valence-electron chi connectivity index (χ2n) is 4.88. The zero-order chi connectivity index (χ0) is 13.4. The van der Waals surface area contributed by atoms with Gasteiger partial charge in [-0.1, -0.05) is 13.8 Å². The lowest BCUT2D eigenvalue weighted by atomic mass is 10.0. The highest BCUT2D eigenvalue weighted by Crippen LogP contribution is 2.05. The lowest BCUT2D eigenvalue weighted by Gasteiger charge is -2.07. The van der Waals surface area contributed by atoms with Gasteiger partial charge in [-0.25, -0.2) is 0 Å². The van der Waals surface area contributed by atoms with Gasteiger partial charge in [-0.05, 0) is 13.8 Å². The Labute approximate surface area is 103 Å². The van der Waals surface area contributed by atoms with E-state index in [1.807, 2.05) is 27.7 Å². The van der Waals surface area contributed by atoms with Crippen molar-refractivity contribution in [2.24, 2.45) is 5.92 Å². The van der Waals surface area contributed by atoms with Gasteiger partial charge in [-0.15, -0.1) is 0 Å². The van der Waals surface area contributed by atoms with Crippen LogP contribution in [0.3, 0.4) is 0 Å². The number of nitrogens with one attached hydrogen (secondary N) is 1. The summed E-state index contributed by atoms with van der Waals surface area (Å²) in [5, 5.41) is 2.72. The maximum atomic E-state index is 11.4. The number of amides is 1. The van der Waals surface area contributed by atoms with Gasteiger partial charge in [0.2, 0.25) is 5.91 Å². The van der Waals surface area contributed by atoms with E-state index < -0.39 is 0 Å². The highest BCUT2D eigenvalue weighted by molar-refractivity contribution is 5.89. The van der Waals surface area contributed by atoms with Crippen molar-refractivity contribution in [1.82, 2.24) is 5.32 Å². The van der Waals surface area contributed by atoms with E-state index in [1.165, 1.54) is 0 Å². The molecule has 0 radical (unpaired) electrons. The summed E-state index contributed by atoms with van der Waals surface area (Å²) in [7, 11) is 0. The van der Waals surface area contributed by atoms with E-state index in [0.717, 1.165) is 0 Å². The highest BCUT2D eigenvalue weighted by Gasteiger charge is 2.12. The number of rotatable bonds is 8. The number of Topliss-reactive ketones (excluding diaryl/α,β-unsaturated/α-hetero) is 2. The Morgan fingerprint density at radius 1 is 0.882 bits per heavy atom. The van der Waals surface area contributed by atoms with Crippen LogP contribution in [0.5, 0.6) is 0 Å². The van der Waals surface area contributed by atoms with E-state index >= 15 is 0 Å². The Bertz CT molecular complexity index is 282. The molecule has 0 spiro atoms. The number of ketones is 2. The average Bonchev–Trinajstić information content (AvgIpc) is 2.21. The molecule has 0 aromatic heterocycles. The fraction of sp³-hybridized carbons (Fsp3) is 0.769. The zero-order valence-electron chi connectivity index (χ0n) is 11.2. The fourth-order valence-corrected chi connectivity index (χ4v) is 1.32. The molecule has 0 unspecified atom stereocenters. The number of carbonyl (C=O) groups is 3. The first-order chi connectivity index (χ1) is 7.82. The SMILES string of the molecule is CC(C)NC(=O)CCC(=O)CCC(=O)C(C)C. The van der Waals surface area contributed by atoms with Crippen LogP contribution in [0.1, 0.15) is 53.4 Å². The normalized spacial score (nSPS) is 10.7. The Kier molecular flexibility index (Phi) is 7.42. The lowest BCUT2D eigenvalue weighted by molar-refractivity contribution is -0.127. The summed E-state index contributed by atoms with van der Waals surface area (Å²) < 4.78 is 0. The second kappa shape index (κ2) is 7.98. The van der Waals surface area contributed by atoms with Gasteiger partial charge in [0.05, 0.1) is 0 Å². The first-order valence-electron chi connectivity index (χ1n) is 6.16. The van der Waals surface area contributed by atoms with Crippen LogP contribution in [0.15, 0.2) is 0 Å². The molecule has 98 valence electrons. The maximum absolute atomic E-state index is 11.4. The third-order valence-corrected chi connectivity index (χ3v) is 2.37. The first kappa shape index (κ1) is 15.8. The van der Waals surface area contributed by atoms with Crippen LogP contribution in [0.2, 0.25) is 0 Å². The fourth-order valence-electron chi connectivity index (χ4n) is 1.32. The molecule has 0 atom stereocenters. The minimum absolute atomic E-state index is 0.0158. The van der Waals surface area contributed by atoms with Crippen molar-refractivity contribution in [3.63, 3.8) is 0 Å². The minimum Gasteiger partial charge on any atom is -0.354 e. The molecule has 1 N–H and O–H groups in total. The summed E-state index contributed by atoms with van der Waals surface area (Å²) in [6, 6.07) is 0.0973. The number of hydrogen-bond acceptors (Lipinski definition) is 3. The molecule has 0 aliphatic carbocycles. The Morgan fingerprint density at radius 2 is 1.41 bits per heavy atom. The van der Waals surface area contributed by atoms with E-state index in [9.17, 15) is 14.4 Å². The van der Waals surface area contributed by atoms with Gasteiger partial charge < -0.3 is 5.32 Å². The molecule has 1 amide bonds. The van der Waals surface area contributed by atoms with Crippen molar-refractivity contribution >= 4 is 17.5 Å². The van der Waals surface area contributed by atoms with Gasteiger partial charge in [0.1, 0.15) is 11.6 Å². The van der Waals surface area contributed by atoms with Crippen molar-refractivity contribution in [2.75, 3.05) is 0 Å². The predicted octanol–water partition coefficient (Wildman–Crippen LogP) is 1.87. The van der Waals surface area contributed by atoms with Gasteiger partial charge in [0.15, 0.2) is 0 Å². The van der Waals surface area contributed by atoms with Gasteiger partial charge in [0, 0.05) is 37.6 Å². The van der Waals surface area contributed by atoms with Crippen LogP contribution in [0, 0.1) is 5.92 Å². The standard InChI is InChI=1S/C13H23NO3/c1-9(2)12(16)7-5-11(15)6-8-13(17)14-10(3)4/h9-10H,5-8H2,1-4H3,(H,14,17). The van der Waals surface area contributed by atoms with Crippen LogP contribution >= 0.6 is 0 Å². The third-order valence-electron chi connectivity index (χ3n) is 2.37. The summed E-state index contributed by atoms with van der Waals surface area (Å²) >= 11 is 0. The second-order valence-corrected chi connectivity index (χ2v) is 4.88. The summed E-state index contributed by atoms with van der Waals surface area (Å²) in [6.45, 7) is 7.40. The van der Waals surface area contributed by atoms with Crippen molar-refractivity contribution in [2.45, 2.75) is 59.4 Å².